The largest absolute Gasteiger partial charge is 0.481 e. The van der Waals surface area contributed by atoms with Crippen molar-refractivity contribution in [2.75, 3.05) is 6.61 Å². The summed E-state index contributed by atoms with van der Waals surface area (Å²) in [7, 11) is 0. The van der Waals surface area contributed by atoms with Crippen molar-refractivity contribution in [2.24, 2.45) is 46.3 Å². The van der Waals surface area contributed by atoms with Gasteiger partial charge in [0, 0.05) is 16.7 Å². The summed E-state index contributed by atoms with van der Waals surface area (Å²) >= 11 is 0. The van der Waals surface area contributed by atoms with E-state index in [2.05, 4.69) is 13.8 Å². The summed E-state index contributed by atoms with van der Waals surface area (Å²) in [6.07, 6.45) is 6.78. The minimum absolute atomic E-state index is 0.0210. The van der Waals surface area contributed by atoms with Crippen LogP contribution in [0.3, 0.4) is 0 Å². The highest BCUT2D eigenvalue weighted by Gasteiger charge is 2.68. The van der Waals surface area contributed by atoms with Crippen LogP contribution in [-0.4, -0.2) is 57.1 Å². The standard InChI is InChI=1S/C30H42O8/c1-6-18(26(34)35)19(7-2)27(36)38-15-24(33)30(37)11-9-21-20-12-16(3)22-13-17(31)8-10-28(22,4)25(20)23(32)14-29(21,30)5/h8,10,13,16,18-21,23,25,32,37H,6-7,9,11-12,14-15H2,1-5H3,(H,34,35)/t16-,18+,19-,20-,21-,23-,25+,28-,29-,30+/m0/s1. The summed E-state index contributed by atoms with van der Waals surface area (Å²) < 4.78 is 5.32. The molecular weight excluding hydrogens is 488 g/mol. The van der Waals surface area contributed by atoms with E-state index in [0.29, 0.717) is 6.42 Å². The van der Waals surface area contributed by atoms with E-state index in [-0.39, 0.29) is 55.1 Å². The van der Waals surface area contributed by atoms with Crippen LogP contribution in [0.2, 0.25) is 0 Å². The third-order valence-electron chi connectivity index (χ3n) is 10.8. The summed E-state index contributed by atoms with van der Waals surface area (Å²) in [5, 5.41) is 32.9. The molecule has 0 aliphatic heterocycles. The summed E-state index contributed by atoms with van der Waals surface area (Å²) in [6, 6.07) is 0. The van der Waals surface area contributed by atoms with Crippen molar-refractivity contribution in [3.63, 3.8) is 0 Å². The predicted molar refractivity (Wildman–Crippen MR) is 139 cm³/mol. The van der Waals surface area contributed by atoms with E-state index >= 15 is 0 Å². The number of Topliss-reactive ketones (excluding diaryl/α,β-unsaturated/α-hetero) is 1. The lowest BCUT2D eigenvalue weighted by Crippen LogP contribution is -2.62. The van der Waals surface area contributed by atoms with E-state index in [1.54, 1.807) is 26.0 Å². The van der Waals surface area contributed by atoms with Gasteiger partial charge in [-0.15, -0.1) is 0 Å². The summed E-state index contributed by atoms with van der Waals surface area (Å²) in [5.74, 6) is -4.20. The SMILES string of the molecule is CC[C@H](C(=O)OCC(=O)[C@]1(O)CC[C@H]2[C@@H]3C[C@H](C)C4=CC(=O)C=C[C@]4(C)[C@H]3[C@@H](O)C[C@@]21C)[C@@H](CC)C(=O)O. The van der Waals surface area contributed by atoms with Gasteiger partial charge < -0.3 is 20.1 Å². The number of aliphatic carboxylic acids is 1. The lowest BCUT2D eigenvalue weighted by molar-refractivity contribution is -0.183. The van der Waals surface area contributed by atoms with Gasteiger partial charge in [0.05, 0.1) is 17.9 Å². The number of carbonyl (C=O) groups excluding carboxylic acids is 3. The number of hydrogen-bond acceptors (Lipinski definition) is 7. The molecule has 0 aromatic heterocycles. The molecule has 4 aliphatic rings. The van der Waals surface area contributed by atoms with E-state index in [1.165, 1.54) is 0 Å². The predicted octanol–water partition coefficient (Wildman–Crippen LogP) is 3.49. The van der Waals surface area contributed by atoms with Gasteiger partial charge >= 0.3 is 11.9 Å². The molecule has 0 aromatic rings. The molecule has 3 fully saturated rings. The maximum atomic E-state index is 13.5. The van der Waals surface area contributed by atoms with Crippen LogP contribution in [0.5, 0.6) is 0 Å². The average Bonchev–Trinajstić information content (AvgIpc) is 3.12. The number of carboxylic acids is 1. The van der Waals surface area contributed by atoms with Gasteiger partial charge in [-0.05, 0) is 68.4 Å². The molecule has 210 valence electrons. The van der Waals surface area contributed by atoms with Gasteiger partial charge in [0.1, 0.15) is 5.60 Å². The fourth-order valence-corrected chi connectivity index (χ4v) is 8.82. The highest BCUT2D eigenvalue weighted by molar-refractivity contribution is 6.01. The molecule has 4 rings (SSSR count). The number of carboxylic acid groups (broad SMARTS) is 1. The molecule has 3 N–H and O–H groups in total. The van der Waals surface area contributed by atoms with Gasteiger partial charge in [0.15, 0.2) is 12.4 Å². The normalized spacial score (nSPS) is 41.3. The number of esters is 1. The van der Waals surface area contributed by atoms with E-state index in [4.69, 9.17) is 4.74 Å². The lowest BCUT2D eigenvalue weighted by Gasteiger charge is -2.60. The topological polar surface area (TPSA) is 138 Å². The van der Waals surface area contributed by atoms with E-state index in [0.717, 1.165) is 12.0 Å². The van der Waals surface area contributed by atoms with Crippen LogP contribution in [-0.2, 0) is 23.9 Å². The molecule has 0 aromatic carbocycles. The molecule has 0 spiro atoms. The Bertz CT molecular complexity index is 1080. The molecule has 8 heteroatoms. The van der Waals surface area contributed by atoms with Crippen molar-refractivity contribution in [3.05, 3.63) is 23.8 Å². The first-order chi connectivity index (χ1) is 17.7. The maximum Gasteiger partial charge on any atom is 0.310 e. The number of fused-ring (bicyclic) bond motifs is 5. The Labute approximate surface area is 224 Å². The van der Waals surface area contributed by atoms with E-state index in [1.807, 2.05) is 13.0 Å². The van der Waals surface area contributed by atoms with Gasteiger partial charge in [-0.2, -0.15) is 0 Å². The van der Waals surface area contributed by atoms with Gasteiger partial charge in [0.2, 0.25) is 5.78 Å². The molecule has 8 nitrogen and oxygen atoms in total. The van der Waals surface area contributed by atoms with E-state index in [9.17, 15) is 34.5 Å². The quantitative estimate of drug-likeness (QED) is 0.406. The number of allylic oxidation sites excluding steroid dienone is 4. The van der Waals surface area contributed by atoms with Crippen LogP contribution in [0.25, 0.3) is 0 Å². The molecule has 0 heterocycles. The molecule has 0 saturated heterocycles. The second-order valence-electron chi connectivity index (χ2n) is 12.5. The molecule has 0 amide bonds. The van der Waals surface area contributed by atoms with Gasteiger partial charge in [0.25, 0.3) is 0 Å². The molecule has 38 heavy (non-hydrogen) atoms. The fraction of sp³-hybridized carbons (Fsp3) is 0.733. The Morgan fingerprint density at radius 3 is 2.42 bits per heavy atom. The Morgan fingerprint density at radius 1 is 1.16 bits per heavy atom. The molecule has 0 bridgehead atoms. The Balaban J connectivity index is 1.55. The third-order valence-corrected chi connectivity index (χ3v) is 10.8. The second kappa shape index (κ2) is 10.0. The number of carbonyl (C=O) groups is 4. The lowest BCUT2D eigenvalue weighted by atomic mass is 9.45. The van der Waals surface area contributed by atoms with Crippen molar-refractivity contribution in [1.29, 1.82) is 0 Å². The Kier molecular flexibility index (Phi) is 7.56. The van der Waals surface area contributed by atoms with Crippen molar-refractivity contribution in [2.45, 2.75) is 84.8 Å². The second-order valence-corrected chi connectivity index (χ2v) is 12.5. The van der Waals surface area contributed by atoms with Gasteiger partial charge in [-0.3, -0.25) is 19.2 Å². The maximum absolute atomic E-state index is 13.5. The molecule has 0 unspecified atom stereocenters. The van der Waals surface area contributed by atoms with Crippen LogP contribution in [0.1, 0.15) is 73.1 Å². The van der Waals surface area contributed by atoms with Crippen molar-refractivity contribution in [3.8, 4) is 0 Å². The first kappa shape index (κ1) is 28.7. The monoisotopic (exact) mass is 530 g/mol. The molecule has 0 radical (unpaired) electrons. The smallest absolute Gasteiger partial charge is 0.310 e. The molecule has 10 atom stereocenters. The number of ketones is 2. The molecule has 3 saturated carbocycles. The summed E-state index contributed by atoms with van der Waals surface area (Å²) in [6.45, 7) is 8.82. The van der Waals surface area contributed by atoms with Gasteiger partial charge in [-0.1, -0.05) is 46.3 Å². The Morgan fingerprint density at radius 2 is 1.82 bits per heavy atom. The zero-order chi connectivity index (χ0) is 28.2. The van der Waals surface area contributed by atoms with Crippen molar-refractivity contribution in [1.82, 2.24) is 0 Å². The minimum Gasteiger partial charge on any atom is -0.481 e. The summed E-state index contributed by atoms with van der Waals surface area (Å²) in [4.78, 5) is 49.9. The highest BCUT2D eigenvalue weighted by Crippen LogP contribution is 2.67. The number of aliphatic hydroxyl groups excluding tert-OH is 1. The van der Waals surface area contributed by atoms with Crippen molar-refractivity contribution >= 4 is 23.5 Å². The highest BCUT2D eigenvalue weighted by atomic mass is 16.5. The molecule has 4 aliphatic carbocycles. The minimum atomic E-state index is -1.76. The number of rotatable bonds is 8. The number of ether oxygens (including phenoxy) is 1. The number of hydrogen-bond donors (Lipinski definition) is 3. The zero-order valence-electron chi connectivity index (χ0n) is 23.1. The zero-order valence-corrected chi connectivity index (χ0v) is 23.1. The van der Waals surface area contributed by atoms with E-state index < -0.39 is 58.7 Å². The fourth-order valence-electron chi connectivity index (χ4n) is 8.82. The first-order valence-electron chi connectivity index (χ1n) is 14.0. The van der Waals surface area contributed by atoms with Gasteiger partial charge in [-0.25, -0.2) is 0 Å². The number of aliphatic hydroxyl groups is 2. The van der Waals surface area contributed by atoms with Crippen LogP contribution >= 0.6 is 0 Å². The Hall–Kier alpha value is -2.32. The van der Waals surface area contributed by atoms with Crippen molar-refractivity contribution < 1.29 is 39.2 Å². The average molecular weight is 531 g/mol. The molecular formula is C30H42O8. The van der Waals surface area contributed by atoms with Crippen LogP contribution in [0.15, 0.2) is 23.8 Å². The van der Waals surface area contributed by atoms with Crippen LogP contribution in [0, 0.1) is 46.3 Å². The summed E-state index contributed by atoms with van der Waals surface area (Å²) in [5.41, 5.74) is -2.09. The van der Waals surface area contributed by atoms with Crippen LogP contribution in [0.4, 0.5) is 0 Å². The third kappa shape index (κ3) is 4.19. The first-order valence-corrected chi connectivity index (χ1v) is 14.0. The van der Waals surface area contributed by atoms with Crippen LogP contribution < -0.4 is 0 Å².